The van der Waals surface area contributed by atoms with Gasteiger partial charge in [-0.2, -0.15) is 13.2 Å². The minimum absolute atomic E-state index is 0.0650. The van der Waals surface area contributed by atoms with Gasteiger partial charge in [-0.3, -0.25) is 0 Å². The molecule has 0 spiro atoms. The normalized spacial score (nSPS) is 12.0. The van der Waals surface area contributed by atoms with E-state index in [2.05, 4.69) is 0 Å². The van der Waals surface area contributed by atoms with E-state index in [1.54, 1.807) is 0 Å². The number of hydrogen-bond acceptors (Lipinski definition) is 1. The largest absolute Gasteiger partial charge is 0.477 e. The number of carboxylic acids is 1. The van der Waals surface area contributed by atoms with Crippen molar-refractivity contribution in [1.82, 2.24) is 4.57 Å². The van der Waals surface area contributed by atoms with E-state index in [1.807, 2.05) is 0 Å². The van der Waals surface area contributed by atoms with Crippen LogP contribution in [0, 0.1) is 6.92 Å². The molecule has 0 fully saturated rings. The highest BCUT2D eigenvalue weighted by atomic mass is 35.5. The summed E-state index contributed by atoms with van der Waals surface area (Å²) in [6.45, 7) is 4.33. The molecule has 0 saturated heterocycles. The topological polar surface area (TPSA) is 42.2 Å². The number of halogens is 4. The first kappa shape index (κ1) is 17.4. The number of alkyl halides is 3. The molecule has 1 aromatic carbocycles. The molecular weight excluding hydrogens is 331 g/mol. The van der Waals surface area contributed by atoms with Gasteiger partial charge in [-0.1, -0.05) is 23.7 Å². The summed E-state index contributed by atoms with van der Waals surface area (Å²) in [7, 11) is 0. The minimum Gasteiger partial charge on any atom is -0.477 e. The van der Waals surface area contributed by atoms with E-state index in [9.17, 15) is 23.1 Å². The summed E-state index contributed by atoms with van der Waals surface area (Å²) < 4.78 is 41.2. The number of carbonyl (C=O) groups is 1. The molecule has 3 nitrogen and oxygen atoms in total. The fraction of sp³-hybridized carbons (Fsp3) is 0.312. The zero-order chi connectivity index (χ0) is 17.5. The van der Waals surface area contributed by atoms with Crippen LogP contribution in [0.15, 0.2) is 24.3 Å². The van der Waals surface area contributed by atoms with Gasteiger partial charge in [0.1, 0.15) is 11.4 Å². The molecule has 23 heavy (non-hydrogen) atoms. The highest BCUT2D eigenvalue weighted by Gasteiger charge is 2.41. The van der Waals surface area contributed by atoms with Crippen molar-refractivity contribution < 1.29 is 23.1 Å². The molecule has 124 valence electrons. The van der Waals surface area contributed by atoms with Gasteiger partial charge in [0.05, 0.1) is 0 Å². The summed E-state index contributed by atoms with van der Waals surface area (Å²) in [6, 6.07) is 5.41. The Labute approximate surface area is 136 Å². The van der Waals surface area contributed by atoms with E-state index < -0.39 is 23.9 Å². The lowest BCUT2D eigenvalue weighted by Crippen LogP contribution is -2.19. The average Bonchev–Trinajstić information content (AvgIpc) is 2.73. The van der Waals surface area contributed by atoms with Crippen molar-refractivity contribution in [3.63, 3.8) is 0 Å². The summed E-state index contributed by atoms with van der Waals surface area (Å²) in [4.78, 5) is 11.7. The van der Waals surface area contributed by atoms with Gasteiger partial charge in [-0.05, 0) is 44.0 Å². The molecule has 0 aliphatic carbocycles. The zero-order valence-corrected chi connectivity index (χ0v) is 13.5. The van der Waals surface area contributed by atoms with E-state index in [0.29, 0.717) is 10.6 Å². The molecule has 7 heteroatoms. The lowest BCUT2D eigenvalue weighted by Gasteiger charge is -2.17. The summed E-state index contributed by atoms with van der Waals surface area (Å²) >= 11 is 5.80. The maximum atomic E-state index is 13.5. The summed E-state index contributed by atoms with van der Waals surface area (Å²) in [5.41, 5.74) is -0.961. The zero-order valence-electron chi connectivity index (χ0n) is 12.7. The Morgan fingerprint density at radius 3 is 2.13 bits per heavy atom. The molecule has 0 unspecified atom stereocenters. The van der Waals surface area contributed by atoms with Gasteiger partial charge in [-0.25, -0.2) is 4.79 Å². The number of carboxylic acid groups (broad SMARTS) is 1. The molecule has 0 aliphatic heterocycles. The molecular formula is C16H15ClF3NO2. The highest BCUT2D eigenvalue weighted by Crippen LogP contribution is 2.42. The molecule has 2 rings (SSSR count). The minimum atomic E-state index is -4.65. The van der Waals surface area contributed by atoms with Crippen LogP contribution in [-0.4, -0.2) is 15.6 Å². The van der Waals surface area contributed by atoms with Crippen LogP contribution in [0.1, 0.15) is 41.6 Å². The van der Waals surface area contributed by atoms with Gasteiger partial charge in [0.25, 0.3) is 0 Å². The first-order valence-electron chi connectivity index (χ1n) is 6.87. The maximum Gasteiger partial charge on any atom is 0.431 e. The number of hydrogen-bond donors (Lipinski definition) is 1. The molecule has 0 bridgehead atoms. The standard InChI is InChI=1S/C16H15ClF3NO2/c1-8(2)21-13(15(22)23)12(9(3)14(21)16(18,19)20)10-4-6-11(17)7-5-10/h4-8H,1-3H3,(H,22,23). The van der Waals surface area contributed by atoms with E-state index in [1.165, 1.54) is 45.0 Å². The van der Waals surface area contributed by atoms with Crippen LogP contribution in [0.2, 0.25) is 5.02 Å². The highest BCUT2D eigenvalue weighted by molar-refractivity contribution is 6.30. The van der Waals surface area contributed by atoms with Crippen LogP contribution in [0.25, 0.3) is 11.1 Å². The van der Waals surface area contributed by atoms with Gasteiger partial charge < -0.3 is 9.67 Å². The lowest BCUT2D eigenvalue weighted by atomic mass is 10.0. The van der Waals surface area contributed by atoms with Crippen molar-refractivity contribution in [1.29, 1.82) is 0 Å². The van der Waals surface area contributed by atoms with E-state index in [-0.39, 0.29) is 16.8 Å². The molecule has 0 saturated carbocycles. The fourth-order valence-corrected chi connectivity index (χ4v) is 2.88. The first-order chi connectivity index (χ1) is 10.6. The molecule has 0 aliphatic rings. The quantitative estimate of drug-likeness (QED) is 0.807. The fourth-order valence-electron chi connectivity index (χ4n) is 2.75. The summed E-state index contributed by atoms with van der Waals surface area (Å²) in [5, 5.41) is 9.92. The predicted octanol–water partition coefficient (Wildman–Crippen LogP) is 5.41. The van der Waals surface area contributed by atoms with Crippen LogP contribution >= 0.6 is 11.6 Å². The van der Waals surface area contributed by atoms with Gasteiger partial charge in [0.2, 0.25) is 0 Å². The van der Waals surface area contributed by atoms with E-state index in [0.717, 1.165) is 4.57 Å². The van der Waals surface area contributed by atoms with Crippen molar-refractivity contribution in [2.45, 2.75) is 33.0 Å². The number of rotatable bonds is 3. The van der Waals surface area contributed by atoms with Gasteiger partial charge >= 0.3 is 12.1 Å². The number of aromatic nitrogens is 1. The van der Waals surface area contributed by atoms with Gasteiger partial charge in [0, 0.05) is 16.6 Å². The molecule has 0 radical (unpaired) electrons. The number of aromatic carboxylic acids is 1. The average molecular weight is 346 g/mol. The molecule has 1 aromatic heterocycles. The Bertz CT molecular complexity index is 746. The van der Waals surface area contributed by atoms with Gasteiger partial charge in [-0.15, -0.1) is 0 Å². The number of benzene rings is 1. The SMILES string of the molecule is Cc1c(-c2ccc(Cl)cc2)c(C(=O)O)n(C(C)C)c1C(F)(F)F. The van der Waals surface area contributed by atoms with Crippen molar-refractivity contribution >= 4 is 17.6 Å². The summed E-state index contributed by atoms with van der Waals surface area (Å²) in [6.07, 6.45) is -4.65. The predicted molar refractivity (Wildman–Crippen MR) is 82.0 cm³/mol. The van der Waals surface area contributed by atoms with E-state index >= 15 is 0 Å². The number of nitrogens with zero attached hydrogens (tertiary/aromatic N) is 1. The Morgan fingerprint density at radius 2 is 1.74 bits per heavy atom. The molecule has 0 amide bonds. The monoisotopic (exact) mass is 345 g/mol. The third kappa shape index (κ3) is 3.08. The van der Waals surface area contributed by atoms with Crippen LogP contribution in [0.4, 0.5) is 13.2 Å². The van der Waals surface area contributed by atoms with Crippen LogP contribution in [-0.2, 0) is 6.18 Å². The van der Waals surface area contributed by atoms with Crippen molar-refractivity contribution in [2.24, 2.45) is 0 Å². The molecule has 0 atom stereocenters. The Balaban J connectivity index is 2.91. The Morgan fingerprint density at radius 1 is 1.22 bits per heavy atom. The summed E-state index contributed by atoms with van der Waals surface area (Å²) in [5.74, 6) is -1.40. The van der Waals surface area contributed by atoms with Crippen LogP contribution in [0.5, 0.6) is 0 Å². The molecule has 1 heterocycles. The first-order valence-corrected chi connectivity index (χ1v) is 7.24. The smallest absolute Gasteiger partial charge is 0.431 e. The van der Waals surface area contributed by atoms with Crippen molar-refractivity contribution in [3.05, 3.63) is 46.2 Å². The second-order valence-electron chi connectivity index (χ2n) is 5.47. The van der Waals surface area contributed by atoms with Crippen molar-refractivity contribution in [3.8, 4) is 11.1 Å². The Hall–Kier alpha value is -1.95. The second kappa shape index (κ2) is 5.92. The van der Waals surface area contributed by atoms with Crippen LogP contribution in [0.3, 0.4) is 0 Å². The van der Waals surface area contributed by atoms with Crippen LogP contribution < -0.4 is 0 Å². The molecule has 1 N–H and O–H groups in total. The second-order valence-corrected chi connectivity index (χ2v) is 5.91. The maximum absolute atomic E-state index is 13.5. The van der Waals surface area contributed by atoms with E-state index in [4.69, 9.17) is 11.6 Å². The Kier molecular flexibility index (Phi) is 4.48. The lowest BCUT2D eigenvalue weighted by molar-refractivity contribution is -0.144. The third-order valence-electron chi connectivity index (χ3n) is 3.57. The van der Waals surface area contributed by atoms with Gasteiger partial charge in [0.15, 0.2) is 0 Å². The molecule has 2 aromatic rings. The van der Waals surface area contributed by atoms with Crippen molar-refractivity contribution in [2.75, 3.05) is 0 Å². The third-order valence-corrected chi connectivity index (χ3v) is 3.82.